The number of nitrogens with one attached hydrogen (secondary N) is 2. The van der Waals surface area contributed by atoms with E-state index in [0.29, 0.717) is 19.6 Å². The standard InChI is InChI=1S/C10H14N4O5S/c11-12-9-2-1-8(5-10(9)14(15)16)20(17,18)13-7-3-4-19-6-7/h1-2,5,7,12-13H,3-4,6,11H2. The minimum absolute atomic E-state index is 0.0400. The van der Waals surface area contributed by atoms with E-state index in [4.69, 9.17) is 10.6 Å². The number of rotatable bonds is 5. The first-order valence-corrected chi connectivity index (χ1v) is 7.27. The highest BCUT2D eigenvalue weighted by Crippen LogP contribution is 2.27. The molecule has 0 bridgehead atoms. The Kier molecular flexibility index (Phi) is 4.18. The van der Waals surface area contributed by atoms with E-state index in [1.54, 1.807) is 0 Å². The van der Waals surface area contributed by atoms with Gasteiger partial charge in [-0.1, -0.05) is 0 Å². The summed E-state index contributed by atoms with van der Waals surface area (Å²) in [5.74, 6) is 5.14. The van der Waals surface area contributed by atoms with Gasteiger partial charge in [0.15, 0.2) is 0 Å². The normalized spacial score (nSPS) is 18.9. The van der Waals surface area contributed by atoms with Gasteiger partial charge in [0.1, 0.15) is 5.69 Å². The molecule has 0 spiro atoms. The third kappa shape index (κ3) is 3.04. The largest absolute Gasteiger partial charge is 0.380 e. The van der Waals surface area contributed by atoms with Crippen LogP contribution in [0.25, 0.3) is 0 Å². The van der Waals surface area contributed by atoms with Gasteiger partial charge in [-0.15, -0.1) is 0 Å². The quantitative estimate of drug-likeness (QED) is 0.394. The van der Waals surface area contributed by atoms with Crippen LogP contribution in [0.5, 0.6) is 0 Å². The van der Waals surface area contributed by atoms with Crippen LogP contribution in [0.2, 0.25) is 0 Å². The molecule has 1 saturated heterocycles. The van der Waals surface area contributed by atoms with Crippen molar-refractivity contribution in [1.29, 1.82) is 0 Å². The second-order valence-corrected chi connectivity index (χ2v) is 5.98. The summed E-state index contributed by atoms with van der Waals surface area (Å²) in [6.07, 6.45) is 0.573. The van der Waals surface area contributed by atoms with Gasteiger partial charge in [-0.2, -0.15) is 0 Å². The summed E-state index contributed by atoms with van der Waals surface area (Å²) in [7, 11) is -3.83. The first-order chi connectivity index (χ1) is 9.44. The van der Waals surface area contributed by atoms with E-state index in [9.17, 15) is 18.5 Å². The Morgan fingerprint density at radius 2 is 2.20 bits per heavy atom. The summed E-state index contributed by atoms with van der Waals surface area (Å²) in [4.78, 5) is 9.99. The van der Waals surface area contributed by atoms with Crippen LogP contribution >= 0.6 is 0 Å². The molecule has 20 heavy (non-hydrogen) atoms. The van der Waals surface area contributed by atoms with E-state index in [1.807, 2.05) is 0 Å². The van der Waals surface area contributed by atoms with Gasteiger partial charge in [-0.3, -0.25) is 16.0 Å². The zero-order valence-corrected chi connectivity index (χ0v) is 11.2. The molecule has 1 aliphatic heterocycles. The number of anilines is 1. The number of nitrogen functional groups attached to an aromatic ring is 1. The van der Waals surface area contributed by atoms with Crippen LogP contribution in [0.15, 0.2) is 23.1 Å². The number of nitro groups is 1. The van der Waals surface area contributed by atoms with E-state index in [0.717, 1.165) is 6.07 Å². The molecular formula is C10H14N4O5S. The highest BCUT2D eigenvalue weighted by molar-refractivity contribution is 7.89. The number of hydrogen-bond donors (Lipinski definition) is 3. The third-order valence-corrected chi connectivity index (χ3v) is 4.40. The third-order valence-electron chi connectivity index (χ3n) is 2.88. The number of nitro benzene ring substituents is 1. The molecule has 1 aromatic carbocycles. The Hall–Kier alpha value is -1.75. The van der Waals surface area contributed by atoms with Gasteiger partial charge in [0.2, 0.25) is 10.0 Å². The number of sulfonamides is 1. The summed E-state index contributed by atoms with van der Waals surface area (Å²) >= 11 is 0. The fourth-order valence-corrected chi connectivity index (χ4v) is 3.14. The van der Waals surface area contributed by atoms with Crippen LogP contribution in [-0.4, -0.2) is 32.6 Å². The van der Waals surface area contributed by atoms with Gasteiger partial charge < -0.3 is 10.2 Å². The number of ether oxygens (including phenoxy) is 1. The van der Waals surface area contributed by atoms with Crippen molar-refractivity contribution in [2.45, 2.75) is 17.4 Å². The van der Waals surface area contributed by atoms with E-state index in [2.05, 4.69) is 10.1 Å². The Morgan fingerprint density at radius 1 is 1.45 bits per heavy atom. The highest BCUT2D eigenvalue weighted by atomic mass is 32.2. The molecule has 10 heteroatoms. The molecule has 0 saturated carbocycles. The van der Waals surface area contributed by atoms with Crippen molar-refractivity contribution in [2.24, 2.45) is 5.84 Å². The SMILES string of the molecule is NNc1ccc(S(=O)(=O)NC2CCOC2)cc1[N+](=O)[O-]. The molecule has 2 rings (SSSR count). The van der Waals surface area contributed by atoms with Crippen molar-refractivity contribution >= 4 is 21.4 Å². The molecule has 0 aliphatic carbocycles. The maximum absolute atomic E-state index is 12.1. The van der Waals surface area contributed by atoms with Gasteiger partial charge in [0.25, 0.3) is 5.69 Å². The van der Waals surface area contributed by atoms with E-state index >= 15 is 0 Å². The molecule has 110 valence electrons. The monoisotopic (exact) mass is 302 g/mol. The topological polar surface area (TPSA) is 137 Å². The number of hydrazine groups is 1. The predicted octanol–water partition coefficient (Wildman–Crippen LogP) is -0.0524. The maximum atomic E-state index is 12.1. The number of nitrogens with zero attached hydrogens (tertiary/aromatic N) is 1. The van der Waals surface area contributed by atoms with Crippen molar-refractivity contribution < 1.29 is 18.1 Å². The fraction of sp³-hybridized carbons (Fsp3) is 0.400. The Balaban J connectivity index is 2.31. The number of benzene rings is 1. The smallest absolute Gasteiger partial charge is 0.294 e. The molecule has 1 aromatic rings. The highest BCUT2D eigenvalue weighted by Gasteiger charge is 2.25. The summed E-state index contributed by atoms with van der Waals surface area (Å²) in [6, 6.07) is 3.15. The lowest BCUT2D eigenvalue weighted by Gasteiger charge is -2.12. The van der Waals surface area contributed by atoms with Gasteiger partial charge in [-0.05, 0) is 18.6 Å². The molecule has 1 heterocycles. The van der Waals surface area contributed by atoms with Crippen molar-refractivity contribution in [3.63, 3.8) is 0 Å². The molecule has 1 aliphatic rings. The number of nitrogens with two attached hydrogens (primary N) is 1. The summed E-state index contributed by atoms with van der Waals surface area (Å²) in [5, 5.41) is 10.9. The van der Waals surface area contributed by atoms with Gasteiger partial charge >= 0.3 is 0 Å². The lowest BCUT2D eigenvalue weighted by atomic mass is 10.3. The zero-order chi connectivity index (χ0) is 14.8. The Labute approximate surface area is 115 Å². The van der Waals surface area contributed by atoms with Crippen LogP contribution in [-0.2, 0) is 14.8 Å². The zero-order valence-electron chi connectivity index (χ0n) is 10.4. The summed E-state index contributed by atoms with van der Waals surface area (Å²) < 4.78 is 31.8. The van der Waals surface area contributed by atoms with Crippen LogP contribution < -0.4 is 16.0 Å². The van der Waals surface area contributed by atoms with Crippen molar-refractivity contribution in [1.82, 2.24) is 4.72 Å². The van der Waals surface area contributed by atoms with Crippen molar-refractivity contribution in [2.75, 3.05) is 18.6 Å². The molecule has 0 aromatic heterocycles. The average molecular weight is 302 g/mol. The maximum Gasteiger partial charge on any atom is 0.294 e. The van der Waals surface area contributed by atoms with Gasteiger partial charge in [0.05, 0.1) is 16.4 Å². The molecule has 0 amide bonds. The van der Waals surface area contributed by atoms with Crippen molar-refractivity contribution in [3.8, 4) is 0 Å². The van der Waals surface area contributed by atoms with E-state index < -0.39 is 20.6 Å². The second kappa shape index (κ2) is 5.71. The molecule has 1 atom stereocenters. The van der Waals surface area contributed by atoms with Crippen LogP contribution in [0.4, 0.5) is 11.4 Å². The van der Waals surface area contributed by atoms with Gasteiger partial charge in [-0.25, -0.2) is 13.1 Å². The van der Waals surface area contributed by atoms with Crippen LogP contribution in [0, 0.1) is 10.1 Å². The molecule has 9 nitrogen and oxygen atoms in total. The molecular weight excluding hydrogens is 288 g/mol. The molecule has 1 fully saturated rings. The first kappa shape index (κ1) is 14.7. The van der Waals surface area contributed by atoms with Crippen molar-refractivity contribution in [3.05, 3.63) is 28.3 Å². The van der Waals surface area contributed by atoms with Crippen LogP contribution in [0.1, 0.15) is 6.42 Å². The van der Waals surface area contributed by atoms with Crippen LogP contribution in [0.3, 0.4) is 0 Å². The second-order valence-electron chi connectivity index (χ2n) is 4.26. The van der Waals surface area contributed by atoms with Gasteiger partial charge in [0, 0.05) is 18.7 Å². The average Bonchev–Trinajstić information content (AvgIpc) is 2.89. The van der Waals surface area contributed by atoms with E-state index in [1.165, 1.54) is 12.1 Å². The summed E-state index contributed by atoms with van der Waals surface area (Å²) in [5.41, 5.74) is 1.79. The molecule has 4 N–H and O–H groups in total. The first-order valence-electron chi connectivity index (χ1n) is 5.79. The minimum Gasteiger partial charge on any atom is -0.380 e. The predicted molar refractivity (Wildman–Crippen MR) is 70.5 cm³/mol. The molecule has 0 radical (unpaired) electrons. The van der Waals surface area contributed by atoms with E-state index in [-0.39, 0.29) is 16.6 Å². The number of hydrogen-bond acceptors (Lipinski definition) is 7. The summed E-state index contributed by atoms with van der Waals surface area (Å²) in [6.45, 7) is 0.785. The Bertz CT molecular complexity index is 612. The minimum atomic E-state index is -3.83. The lowest BCUT2D eigenvalue weighted by Crippen LogP contribution is -2.35. The molecule has 1 unspecified atom stereocenters. The lowest BCUT2D eigenvalue weighted by molar-refractivity contribution is -0.384. The fourth-order valence-electron chi connectivity index (χ4n) is 1.87. The Morgan fingerprint density at radius 3 is 2.75 bits per heavy atom.